The zero-order valence-corrected chi connectivity index (χ0v) is 19.6. The molecule has 30 heavy (non-hydrogen) atoms. The average Bonchev–Trinajstić information content (AvgIpc) is 3.31. The second kappa shape index (κ2) is 9.29. The van der Waals surface area contributed by atoms with Crippen LogP contribution in [0.3, 0.4) is 0 Å². The third-order valence-corrected chi connectivity index (χ3v) is 5.92. The molecule has 1 saturated heterocycles. The molecule has 4 rings (SSSR count). The predicted octanol–water partition coefficient (Wildman–Crippen LogP) is 3.50. The molecule has 0 bridgehead atoms. The van der Waals surface area contributed by atoms with Crippen LogP contribution in [0.25, 0.3) is 0 Å². The smallest absolute Gasteiger partial charge is 0.387 e. The van der Waals surface area contributed by atoms with Gasteiger partial charge >= 0.3 is 6.61 Å². The number of alkyl halides is 2. The van der Waals surface area contributed by atoms with Crippen LogP contribution in [0.15, 0.2) is 17.1 Å². The SMILES string of the molecule is CCNC(=NCc1cc2c(cc1OC(F)F)OCO2)NC1C2CCOC2C1(C)C.I. The normalized spacial score (nSPS) is 25.9. The second-order valence-electron chi connectivity index (χ2n) is 8.07. The summed E-state index contributed by atoms with van der Waals surface area (Å²) < 4.78 is 46.8. The van der Waals surface area contributed by atoms with Crippen molar-refractivity contribution in [3.8, 4) is 17.2 Å². The molecule has 2 heterocycles. The Morgan fingerprint density at radius 2 is 2.03 bits per heavy atom. The Morgan fingerprint density at radius 3 is 2.73 bits per heavy atom. The largest absolute Gasteiger partial charge is 0.454 e. The quantitative estimate of drug-likeness (QED) is 0.328. The predicted molar refractivity (Wildman–Crippen MR) is 118 cm³/mol. The number of benzene rings is 1. The first-order valence-corrected chi connectivity index (χ1v) is 9.94. The molecular formula is C20H28F2IN3O4. The number of nitrogens with zero attached hydrogens (tertiary/aromatic N) is 1. The van der Waals surface area contributed by atoms with Crippen molar-refractivity contribution in [3.05, 3.63) is 17.7 Å². The maximum absolute atomic E-state index is 12.8. The van der Waals surface area contributed by atoms with Crippen molar-refractivity contribution in [2.75, 3.05) is 19.9 Å². The van der Waals surface area contributed by atoms with E-state index in [1.54, 1.807) is 6.07 Å². The molecular weight excluding hydrogens is 511 g/mol. The van der Waals surface area contributed by atoms with Gasteiger partial charge in [0.05, 0.1) is 12.6 Å². The highest BCUT2D eigenvalue weighted by atomic mass is 127. The van der Waals surface area contributed by atoms with Crippen molar-refractivity contribution >= 4 is 29.9 Å². The van der Waals surface area contributed by atoms with Crippen molar-refractivity contribution in [1.29, 1.82) is 0 Å². The van der Waals surface area contributed by atoms with Crippen LogP contribution in [0.5, 0.6) is 17.2 Å². The Labute approximate surface area is 191 Å². The number of hydrogen-bond acceptors (Lipinski definition) is 5. The van der Waals surface area contributed by atoms with Gasteiger partial charge in [0.2, 0.25) is 6.79 Å². The Hall–Kier alpha value is -1.56. The number of nitrogens with one attached hydrogen (secondary N) is 2. The molecule has 1 aliphatic carbocycles. The Kier molecular flexibility index (Phi) is 7.16. The fraction of sp³-hybridized carbons (Fsp3) is 0.650. The number of hydrogen-bond donors (Lipinski definition) is 2. The molecule has 2 fully saturated rings. The first-order valence-electron chi connectivity index (χ1n) is 9.94. The van der Waals surface area contributed by atoms with E-state index in [0.29, 0.717) is 35.5 Å². The summed E-state index contributed by atoms with van der Waals surface area (Å²) in [5.41, 5.74) is 0.502. The Balaban J connectivity index is 0.00000256. The average molecular weight is 539 g/mol. The van der Waals surface area contributed by atoms with E-state index in [9.17, 15) is 8.78 Å². The molecule has 3 atom stereocenters. The summed E-state index contributed by atoms with van der Waals surface area (Å²) in [5.74, 6) is 2.02. The van der Waals surface area contributed by atoms with Gasteiger partial charge in [-0.1, -0.05) is 13.8 Å². The lowest BCUT2D eigenvalue weighted by atomic mass is 9.57. The van der Waals surface area contributed by atoms with E-state index in [1.165, 1.54) is 6.07 Å². The van der Waals surface area contributed by atoms with Crippen molar-refractivity contribution in [1.82, 2.24) is 10.6 Å². The summed E-state index contributed by atoms with van der Waals surface area (Å²) in [6, 6.07) is 3.30. The van der Waals surface area contributed by atoms with E-state index < -0.39 is 6.61 Å². The van der Waals surface area contributed by atoms with Gasteiger partial charge in [-0.15, -0.1) is 24.0 Å². The lowest BCUT2D eigenvalue weighted by molar-refractivity contribution is -0.106. The Morgan fingerprint density at radius 1 is 1.30 bits per heavy atom. The second-order valence-corrected chi connectivity index (χ2v) is 8.07. The number of fused-ring (bicyclic) bond motifs is 2. The van der Waals surface area contributed by atoms with Crippen LogP contribution in [0.4, 0.5) is 8.78 Å². The standard InChI is InChI=1S/C20H27F2N3O4.HI/c1-4-23-19(25-16-12-5-6-26-17(12)20(16,2)3)24-9-11-7-14-15(28-10-27-14)8-13(11)29-18(21)22;/h7-8,12,16-18H,4-6,9-10H2,1-3H3,(H2,23,24,25);1H. The van der Waals surface area contributed by atoms with Crippen LogP contribution >= 0.6 is 24.0 Å². The van der Waals surface area contributed by atoms with E-state index in [0.717, 1.165) is 13.0 Å². The maximum Gasteiger partial charge on any atom is 0.387 e. The molecule has 7 nitrogen and oxygen atoms in total. The van der Waals surface area contributed by atoms with E-state index >= 15 is 0 Å². The lowest BCUT2D eigenvalue weighted by Gasteiger charge is -2.54. The zero-order valence-electron chi connectivity index (χ0n) is 17.2. The molecule has 0 amide bonds. The van der Waals surface area contributed by atoms with Crippen molar-refractivity contribution in [3.63, 3.8) is 0 Å². The minimum Gasteiger partial charge on any atom is -0.454 e. The highest BCUT2D eigenvalue weighted by Crippen LogP contribution is 2.52. The van der Waals surface area contributed by atoms with Gasteiger partial charge in [-0.25, -0.2) is 4.99 Å². The lowest BCUT2D eigenvalue weighted by Crippen LogP contribution is -2.67. The van der Waals surface area contributed by atoms with E-state index in [1.807, 2.05) is 6.92 Å². The minimum absolute atomic E-state index is 0. The number of halogens is 3. The fourth-order valence-electron chi connectivity index (χ4n) is 4.54. The summed E-state index contributed by atoms with van der Waals surface area (Å²) >= 11 is 0. The molecule has 1 saturated carbocycles. The van der Waals surface area contributed by atoms with Crippen LogP contribution in [0.1, 0.15) is 32.8 Å². The van der Waals surface area contributed by atoms with Crippen LogP contribution in [-0.2, 0) is 11.3 Å². The van der Waals surface area contributed by atoms with Gasteiger partial charge in [0.1, 0.15) is 5.75 Å². The minimum atomic E-state index is -2.93. The van der Waals surface area contributed by atoms with E-state index in [2.05, 4.69) is 34.2 Å². The summed E-state index contributed by atoms with van der Waals surface area (Å²) in [6.45, 7) is 5.12. The molecule has 168 valence electrons. The third-order valence-electron chi connectivity index (χ3n) is 5.92. The van der Waals surface area contributed by atoms with Crippen LogP contribution in [-0.4, -0.2) is 44.7 Å². The first-order chi connectivity index (χ1) is 13.9. The first kappa shape index (κ1) is 23.1. The number of guanidine groups is 1. The van der Waals surface area contributed by atoms with Crippen LogP contribution in [0.2, 0.25) is 0 Å². The zero-order chi connectivity index (χ0) is 20.6. The number of aliphatic imine (C=N–C) groups is 1. The van der Waals surface area contributed by atoms with Gasteiger partial charge in [0, 0.05) is 42.2 Å². The summed E-state index contributed by atoms with van der Waals surface area (Å²) in [4.78, 5) is 4.61. The number of rotatable bonds is 6. The molecule has 3 aliphatic rings. The van der Waals surface area contributed by atoms with Gasteiger partial charge in [-0.3, -0.25) is 0 Å². The molecule has 1 aromatic rings. The summed E-state index contributed by atoms with van der Waals surface area (Å²) in [6.07, 6.45) is 1.29. The van der Waals surface area contributed by atoms with Gasteiger partial charge < -0.3 is 29.6 Å². The Bertz CT molecular complexity index is 794. The summed E-state index contributed by atoms with van der Waals surface area (Å²) in [7, 11) is 0. The molecule has 10 heteroatoms. The van der Waals surface area contributed by atoms with Gasteiger partial charge in [-0.2, -0.15) is 8.78 Å². The summed E-state index contributed by atoms with van der Waals surface area (Å²) in [5, 5.41) is 6.75. The maximum atomic E-state index is 12.8. The molecule has 0 radical (unpaired) electrons. The van der Waals surface area contributed by atoms with Crippen LogP contribution in [0, 0.1) is 11.3 Å². The molecule has 2 aliphatic heterocycles. The molecule has 0 aromatic heterocycles. The molecule has 0 spiro atoms. The topological polar surface area (TPSA) is 73.3 Å². The highest BCUT2D eigenvalue weighted by molar-refractivity contribution is 14.0. The van der Waals surface area contributed by atoms with Crippen LogP contribution < -0.4 is 24.8 Å². The molecule has 1 aromatic carbocycles. The van der Waals surface area contributed by atoms with E-state index in [-0.39, 0.29) is 60.6 Å². The van der Waals surface area contributed by atoms with Crippen molar-refractivity contribution in [2.45, 2.75) is 52.5 Å². The fourth-order valence-corrected chi connectivity index (χ4v) is 4.54. The monoisotopic (exact) mass is 539 g/mol. The van der Waals surface area contributed by atoms with Crippen molar-refractivity contribution in [2.24, 2.45) is 16.3 Å². The van der Waals surface area contributed by atoms with Gasteiger partial charge in [0.15, 0.2) is 17.5 Å². The number of ether oxygens (including phenoxy) is 4. The van der Waals surface area contributed by atoms with Gasteiger partial charge in [-0.05, 0) is 19.4 Å². The van der Waals surface area contributed by atoms with Crippen molar-refractivity contribution < 1.29 is 27.7 Å². The third kappa shape index (κ3) is 4.39. The molecule has 2 N–H and O–H groups in total. The highest BCUT2D eigenvalue weighted by Gasteiger charge is 2.59. The van der Waals surface area contributed by atoms with Gasteiger partial charge in [0.25, 0.3) is 0 Å². The molecule has 3 unspecified atom stereocenters. The van der Waals surface area contributed by atoms with E-state index in [4.69, 9.17) is 14.2 Å².